The van der Waals surface area contributed by atoms with Crippen molar-refractivity contribution in [3.05, 3.63) is 30.1 Å². The van der Waals surface area contributed by atoms with Crippen molar-refractivity contribution in [3.63, 3.8) is 0 Å². The number of hydrogen-bond acceptors (Lipinski definition) is 3. The van der Waals surface area contributed by atoms with Crippen molar-refractivity contribution in [2.45, 2.75) is 30.7 Å². The number of aliphatic hydroxyl groups excluding tert-OH is 1. The maximum absolute atomic E-state index is 13.3. The molecule has 3 nitrogen and oxygen atoms in total. The molecule has 1 unspecified atom stereocenters. The highest BCUT2D eigenvalue weighted by Crippen LogP contribution is 2.20. The number of carbonyl (C=O) groups excluding carboxylic acids is 1. The Labute approximate surface area is 111 Å². The van der Waals surface area contributed by atoms with Crippen molar-refractivity contribution in [2.75, 3.05) is 12.4 Å². The van der Waals surface area contributed by atoms with E-state index in [-0.39, 0.29) is 30.1 Å². The van der Waals surface area contributed by atoms with Crippen LogP contribution in [0.2, 0.25) is 0 Å². The Morgan fingerprint density at radius 3 is 2.89 bits per heavy atom. The van der Waals surface area contributed by atoms with Gasteiger partial charge in [0.2, 0.25) is 5.91 Å². The van der Waals surface area contributed by atoms with Crippen LogP contribution in [0.1, 0.15) is 19.8 Å². The lowest BCUT2D eigenvalue weighted by Gasteiger charge is -2.12. The molecule has 2 N–H and O–H groups in total. The number of benzene rings is 1. The van der Waals surface area contributed by atoms with Gasteiger partial charge in [-0.2, -0.15) is 0 Å². The molecule has 100 valence electrons. The van der Waals surface area contributed by atoms with E-state index < -0.39 is 0 Å². The second-order valence-electron chi connectivity index (χ2n) is 4.05. The quantitative estimate of drug-likeness (QED) is 0.747. The molecule has 0 aliphatic heterocycles. The smallest absolute Gasteiger partial charge is 0.230 e. The van der Waals surface area contributed by atoms with Crippen molar-refractivity contribution in [2.24, 2.45) is 0 Å². The van der Waals surface area contributed by atoms with Gasteiger partial charge in [0.1, 0.15) is 5.82 Å². The summed E-state index contributed by atoms with van der Waals surface area (Å²) in [5.74, 6) is -0.220. The van der Waals surface area contributed by atoms with Gasteiger partial charge in [-0.05, 0) is 31.9 Å². The molecule has 1 rings (SSSR count). The number of hydrogen-bond donors (Lipinski definition) is 2. The minimum Gasteiger partial charge on any atom is -0.396 e. The summed E-state index contributed by atoms with van der Waals surface area (Å²) < 4.78 is 13.3. The Bertz CT molecular complexity index is 387. The number of amides is 1. The summed E-state index contributed by atoms with van der Waals surface area (Å²) in [6.07, 6.45) is 1.41. The van der Waals surface area contributed by atoms with Crippen LogP contribution in [0.15, 0.2) is 29.2 Å². The van der Waals surface area contributed by atoms with Crippen LogP contribution >= 0.6 is 11.8 Å². The zero-order chi connectivity index (χ0) is 13.4. The first kappa shape index (κ1) is 15.0. The summed E-state index contributed by atoms with van der Waals surface area (Å²) in [4.78, 5) is 12.1. The molecule has 18 heavy (non-hydrogen) atoms. The molecule has 0 radical (unpaired) electrons. The van der Waals surface area contributed by atoms with Crippen molar-refractivity contribution in [1.82, 2.24) is 5.32 Å². The fraction of sp³-hybridized carbons (Fsp3) is 0.462. The van der Waals surface area contributed by atoms with Gasteiger partial charge in [0.25, 0.3) is 0 Å². The van der Waals surface area contributed by atoms with E-state index in [1.807, 2.05) is 6.92 Å². The summed E-state index contributed by atoms with van der Waals surface area (Å²) in [6.45, 7) is 2.02. The first-order valence-electron chi connectivity index (χ1n) is 5.91. The monoisotopic (exact) mass is 271 g/mol. The van der Waals surface area contributed by atoms with Crippen molar-refractivity contribution < 1.29 is 14.3 Å². The van der Waals surface area contributed by atoms with E-state index in [1.165, 1.54) is 17.8 Å². The molecule has 1 amide bonds. The lowest BCUT2D eigenvalue weighted by atomic mass is 10.2. The van der Waals surface area contributed by atoms with Crippen molar-refractivity contribution in [3.8, 4) is 0 Å². The summed E-state index contributed by atoms with van der Waals surface area (Å²) >= 11 is 1.18. The highest BCUT2D eigenvalue weighted by molar-refractivity contribution is 8.00. The van der Waals surface area contributed by atoms with E-state index in [2.05, 4.69) is 5.32 Å². The molecule has 0 heterocycles. The summed E-state index contributed by atoms with van der Waals surface area (Å²) in [6, 6.07) is 6.43. The maximum Gasteiger partial charge on any atom is 0.230 e. The molecule has 0 saturated heterocycles. The minimum absolute atomic E-state index is 0.0332. The third-order valence-electron chi connectivity index (χ3n) is 2.40. The largest absolute Gasteiger partial charge is 0.396 e. The van der Waals surface area contributed by atoms with Crippen LogP contribution in [0.5, 0.6) is 0 Å². The van der Waals surface area contributed by atoms with Crippen molar-refractivity contribution in [1.29, 1.82) is 0 Å². The minimum atomic E-state index is -0.302. The standard InChI is InChI=1S/C13H18FNO2S/c1-10(5-4-8-16)15-13(17)9-18-12-7-3-2-6-11(12)14/h2-3,6-7,10,16H,4-5,8-9H2,1H3,(H,15,17). The van der Waals surface area contributed by atoms with Gasteiger partial charge in [0.15, 0.2) is 0 Å². The molecule has 1 atom stereocenters. The van der Waals surface area contributed by atoms with E-state index in [0.717, 1.165) is 6.42 Å². The molecular weight excluding hydrogens is 253 g/mol. The van der Waals surface area contributed by atoms with Gasteiger partial charge in [-0.1, -0.05) is 12.1 Å². The summed E-state index contributed by atoms with van der Waals surface area (Å²) in [5, 5.41) is 11.5. The highest BCUT2D eigenvalue weighted by Gasteiger charge is 2.09. The molecule has 0 bridgehead atoms. The van der Waals surface area contributed by atoms with Gasteiger partial charge in [0.05, 0.1) is 5.75 Å². The lowest BCUT2D eigenvalue weighted by Crippen LogP contribution is -2.33. The Balaban J connectivity index is 2.31. The topological polar surface area (TPSA) is 49.3 Å². The van der Waals surface area contributed by atoms with Gasteiger partial charge < -0.3 is 10.4 Å². The van der Waals surface area contributed by atoms with Crippen LogP contribution in [0.25, 0.3) is 0 Å². The van der Waals surface area contributed by atoms with Crippen LogP contribution in [-0.4, -0.2) is 29.4 Å². The van der Waals surface area contributed by atoms with Gasteiger partial charge in [-0.3, -0.25) is 4.79 Å². The second kappa shape index (κ2) is 8.11. The maximum atomic E-state index is 13.3. The Hall–Kier alpha value is -1.07. The van der Waals surface area contributed by atoms with Crippen LogP contribution in [0, 0.1) is 5.82 Å². The number of rotatable bonds is 7. The average Bonchev–Trinajstić information content (AvgIpc) is 2.35. The fourth-order valence-corrected chi connectivity index (χ4v) is 2.24. The normalized spacial score (nSPS) is 12.2. The molecule has 0 saturated carbocycles. The Kier molecular flexibility index (Phi) is 6.75. The van der Waals surface area contributed by atoms with Gasteiger partial charge in [-0.15, -0.1) is 11.8 Å². The highest BCUT2D eigenvalue weighted by atomic mass is 32.2. The molecule has 0 spiro atoms. The van der Waals surface area contributed by atoms with Crippen LogP contribution in [0.3, 0.4) is 0 Å². The third kappa shape index (κ3) is 5.51. The van der Waals surface area contributed by atoms with E-state index >= 15 is 0 Å². The van der Waals surface area contributed by atoms with Crippen LogP contribution < -0.4 is 5.32 Å². The number of thioether (sulfide) groups is 1. The van der Waals surface area contributed by atoms with Gasteiger partial charge in [0, 0.05) is 17.5 Å². The summed E-state index contributed by atoms with van der Waals surface area (Å²) in [7, 11) is 0. The van der Waals surface area contributed by atoms with E-state index in [1.54, 1.807) is 18.2 Å². The molecule has 0 aromatic heterocycles. The van der Waals surface area contributed by atoms with Crippen molar-refractivity contribution >= 4 is 17.7 Å². The third-order valence-corrected chi connectivity index (χ3v) is 3.45. The SMILES string of the molecule is CC(CCCO)NC(=O)CSc1ccccc1F. The predicted molar refractivity (Wildman–Crippen MR) is 71.0 cm³/mol. The molecular formula is C13H18FNO2S. The molecule has 1 aromatic rings. The zero-order valence-electron chi connectivity index (χ0n) is 10.4. The number of carbonyl (C=O) groups is 1. The molecule has 0 aliphatic carbocycles. The zero-order valence-corrected chi connectivity index (χ0v) is 11.2. The van der Waals surface area contributed by atoms with Crippen LogP contribution in [-0.2, 0) is 4.79 Å². The lowest BCUT2D eigenvalue weighted by molar-refractivity contribution is -0.119. The first-order valence-corrected chi connectivity index (χ1v) is 6.89. The van der Waals surface area contributed by atoms with E-state index in [9.17, 15) is 9.18 Å². The molecule has 1 aromatic carbocycles. The molecule has 5 heteroatoms. The Morgan fingerprint density at radius 1 is 1.50 bits per heavy atom. The van der Waals surface area contributed by atoms with Crippen LogP contribution in [0.4, 0.5) is 4.39 Å². The van der Waals surface area contributed by atoms with Gasteiger partial charge in [-0.25, -0.2) is 4.39 Å². The average molecular weight is 271 g/mol. The molecule has 0 aliphatic rings. The number of nitrogens with one attached hydrogen (secondary N) is 1. The van der Waals surface area contributed by atoms with Gasteiger partial charge >= 0.3 is 0 Å². The first-order chi connectivity index (χ1) is 8.63. The fourth-order valence-electron chi connectivity index (χ4n) is 1.49. The van der Waals surface area contributed by atoms with E-state index in [4.69, 9.17) is 5.11 Å². The predicted octanol–water partition coefficient (Wildman–Crippen LogP) is 2.20. The molecule has 0 fully saturated rings. The summed E-state index contributed by atoms with van der Waals surface area (Å²) in [5.41, 5.74) is 0. The van der Waals surface area contributed by atoms with E-state index in [0.29, 0.717) is 11.3 Å². The number of aliphatic hydroxyl groups is 1. The second-order valence-corrected chi connectivity index (χ2v) is 5.07. The Morgan fingerprint density at radius 2 is 2.22 bits per heavy atom. The number of halogens is 1.